The molecule has 0 amide bonds. The highest BCUT2D eigenvalue weighted by atomic mass is 16.3. The average Bonchev–Trinajstić information content (AvgIpc) is 2.99. The van der Waals surface area contributed by atoms with Gasteiger partial charge < -0.3 is 9.52 Å². The van der Waals surface area contributed by atoms with Crippen molar-refractivity contribution in [2.24, 2.45) is 5.92 Å². The second-order valence-corrected chi connectivity index (χ2v) is 7.38. The third-order valence-corrected chi connectivity index (χ3v) is 5.54. The molecule has 25 heavy (non-hydrogen) atoms. The third-order valence-electron chi connectivity index (χ3n) is 5.54. The molecule has 1 N–H and O–H groups in total. The van der Waals surface area contributed by atoms with Crippen molar-refractivity contribution in [2.75, 3.05) is 13.1 Å². The Labute approximate surface area is 148 Å². The lowest BCUT2D eigenvalue weighted by molar-refractivity contribution is -0.0722. The molecule has 0 unspecified atom stereocenters. The van der Waals surface area contributed by atoms with Crippen LogP contribution in [0, 0.1) is 12.8 Å². The van der Waals surface area contributed by atoms with Gasteiger partial charge in [-0.15, -0.1) is 0 Å². The Morgan fingerprint density at radius 3 is 2.72 bits per heavy atom. The van der Waals surface area contributed by atoms with E-state index < -0.39 is 5.60 Å². The SMILES string of the molecule is Cc1cc2cccc([C@]3(O)CCN(Cc4ccccc4)C[C@@H]3C)c2o1. The summed E-state index contributed by atoms with van der Waals surface area (Å²) in [6, 6.07) is 18.7. The summed E-state index contributed by atoms with van der Waals surface area (Å²) in [6.45, 7) is 6.80. The number of benzene rings is 2. The number of fused-ring (bicyclic) bond motifs is 1. The molecule has 3 aromatic rings. The van der Waals surface area contributed by atoms with Crippen LogP contribution in [0.1, 0.15) is 30.2 Å². The second kappa shape index (κ2) is 6.32. The summed E-state index contributed by atoms with van der Waals surface area (Å²) in [5.41, 5.74) is 2.26. The molecule has 2 atom stereocenters. The predicted octanol–water partition coefficient (Wildman–Crippen LogP) is 4.47. The van der Waals surface area contributed by atoms with Crippen LogP contribution in [0.4, 0.5) is 0 Å². The van der Waals surface area contributed by atoms with Crippen molar-refractivity contribution >= 4 is 11.0 Å². The maximum Gasteiger partial charge on any atom is 0.140 e. The maximum atomic E-state index is 11.5. The Morgan fingerprint density at radius 2 is 1.96 bits per heavy atom. The van der Waals surface area contributed by atoms with Gasteiger partial charge >= 0.3 is 0 Å². The van der Waals surface area contributed by atoms with Gasteiger partial charge in [-0.25, -0.2) is 0 Å². The topological polar surface area (TPSA) is 36.6 Å². The molecule has 4 rings (SSSR count). The van der Waals surface area contributed by atoms with Crippen molar-refractivity contribution in [2.45, 2.75) is 32.4 Å². The second-order valence-electron chi connectivity index (χ2n) is 7.38. The quantitative estimate of drug-likeness (QED) is 0.767. The van der Waals surface area contributed by atoms with E-state index in [4.69, 9.17) is 4.42 Å². The summed E-state index contributed by atoms with van der Waals surface area (Å²) < 4.78 is 5.91. The Morgan fingerprint density at radius 1 is 1.16 bits per heavy atom. The van der Waals surface area contributed by atoms with Gasteiger partial charge in [0.2, 0.25) is 0 Å². The van der Waals surface area contributed by atoms with Crippen molar-refractivity contribution in [1.82, 2.24) is 4.90 Å². The first-order valence-electron chi connectivity index (χ1n) is 9.04. The van der Waals surface area contributed by atoms with Gasteiger partial charge in [-0.05, 0) is 25.0 Å². The van der Waals surface area contributed by atoms with E-state index in [1.165, 1.54) is 5.56 Å². The fourth-order valence-corrected chi connectivity index (χ4v) is 4.12. The van der Waals surface area contributed by atoms with Crippen LogP contribution in [0.25, 0.3) is 11.0 Å². The zero-order chi connectivity index (χ0) is 17.4. The van der Waals surface area contributed by atoms with Gasteiger partial charge in [-0.3, -0.25) is 4.90 Å². The number of hydrogen-bond donors (Lipinski definition) is 1. The van der Waals surface area contributed by atoms with Crippen molar-refractivity contribution in [3.63, 3.8) is 0 Å². The van der Waals surface area contributed by atoms with Crippen LogP contribution >= 0.6 is 0 Å². The number of likely N-dealkylation sites (tertiary alicyclic amines) is 1. The minimum atomic E-state index is -0.836. The van der Waals surface area contributed by atoms with Crippen LogP contribution in [-0.2, 0) is 12.1 Å². The number of rotatable bonds is 3. The van der Waals surface area contributed by atoms with Gasteiger partial charge in [0, 0.05) is 36.5 Å². The highest BCUT2D eigenvalue weighted by Crippen LogP contribution is 2.41. The van der Waals surface area contributed by atoms with Crippen LogP contribution in [-0.4, -0.2) is 23.1 Å². The standard InChI is InChI=1S/C22H25NO2/c1-16-14-23(15-18-7-4-3-5-8-18)12-11-22(16,24)20-10-6-9-19-13-17(2)25-21(19)20/h3-10,13,16,24H,11-12,14-15H2,1-2H3/t16-,22-/m0/s1. The molecule has 0 bridgehead atoms. The Balaban J connectivity index is 1.59. The van der Waals surface area contributed by atoms with E-state index in [1.807, 2.05) is 37.3 Å². The Kier molecular flexibility index (Phi) is 4.14. The number of furan rings is 1. The zero-order valence-electron chi connectivity index (χ0n) is 14.9. The first-order chi connectivity index (χ1) is 12.1. The van der Waals surface area contributed by atoms with Gasteiger partial charge in [-0.2, -0.15) is 0 Å². The molecule has 1 saturated heterocycles. The molecule has 3 nitrogen and oxygen atoms in total. The summed E-state index contributed by atoms with van der Waals surface area (Å²) >= 11 is 0. The molecule has 0 spiro atoms. The molecule has 1 aromatic heterocycles. The highest BCUT2D eigenvalue weighted by molar-refractivity contribution is 5.82. The lowest BCUT2D eigenvalue weighted by Gasteiger charge is -2.43. The summed E-state index contributed by atoms with van der Waals surface area (Å²) in [5, 5.41) is 12.6. The van der Waals surface area contributed by atoms with Crippen molar-refractivity contribution < 1.29 is 9.52 Å². The van der Waals surface area contributed by atoms with Crippen LogP contribution in [0.15, 0.2) is 59.0 Å². The molecule has 0 saturated carbocycles. The van der Waals surface area contributed by atoms with Crippen molar-refractivity contribution in [3.05, 3.63) is 71.5 Å². The summed E-state index contributed by atoms with van der Waals surface area (Å²) in [5.74, 6) is 1.03. The Bertz CT molecular complexity index is 870. The number of aryl methyl sites for hydroxylation is 1. The number of para-hydroxylation sites is 1. The summed E-state index contributed by atoms with van der Waals surface area (Å²) in [7, 11) is 0. The van der Waals surface area contributed by atoms with Gasteiger partial charge in [-0.1, -0.05) is 55.5 Å². The maximum absolute atomic E-state index is 11.5. The molecule has 1 aliphatic heterocycles. The fourth-order valence-electron chi connectivity index (χ4n) is 4.12. The summed E-state index contributed by atoms with van der Waals surface area (Å²) in [6.07, 6.45) is 0.722. The molecular formula is C22H25NO2. The number of aliphatic hydroxyl groups is 1. The predicted molar refractivity (Wildman–Crippen MR) is 100 cm³/mol. The van der Waals surface area contributed by atoms with Gasteiger partial charge in [0.25, 0.3) is 0 Å². The first kappa shape index (κ1) is 16.4. The number of piperidine rings is 1. The van der Waals surface area contributed by atoms with Gasteiger partial charge in [0.05, 0.1) is 5.60 Å². The van der Waals surface area contributed by atoms with Gasteiger partial charge in [0.1, 0.15) is 11.3 Å². The van der Waals surface area contributed by atoms with Crippen LogP contribution in [0.2, 0.25) is 0 Å². The number of nitrogens with zero attached hydrogens (tertiary/aromatic N) is 1. The summed E-state index contributed by atoms with van der Waals surface area (Å²) in [4.78, 5) is 2.43. The van der Waals surface area contributed by atoms with E-state index in [2.05, 4.69) is 36.1 Å². The van der Waals surface area contributed by atoms with E-state index in [-0.39, 0.29) is 5.92 Å². The lowest BCUT2D eigenvalue weighted by Crippen LogP contribution is -2.48. The lowest BCUT2D eigenvalue weighted by atomic mass is 9.76. The third kappa shape index (κ3) is 2.99. The molecule has 1 aliphatic rings. The molecule has 2 heterocycles. The van der Waals surface area contributed by atoms with Gasteiger partial charge in [0.15, 0.2) is 0 Å². The first-order valence-corrected chi connectivity index (χ1v) is 9.04. The smallest absolute Gasteiger partial charge is 0.140 e. The van der Waals surface area contributed by atoms with Crippen LogP contribution in [0.5, 0.6) is 0 Å². The van der Waals surface area contributed by atoms with E-state index >= 15 is 0 Å². The Hall–Kier alpha value is -2.10. The molecule has 0 radical (unpaired) electrons. The molecule has 0 aliphatic carbocycles. The molecule has 2 aromatic carbocycles. The number of hydrogen-bond acceptors (Lipinski definition) is 3. The molecule has 1 fully saturated rings. The van der Waals surface area contributed by atoms with Crippen molar-refractivity contribution in [3.8, 4) is 0 Å². The minimum absolute atomic E-state index is 0.140. The highest BCUT2D eigenvalue weighted by Gasteiger charge is 2.41. The van der Waals surface area contributed by atoms with Crippen LogP contribution in [0.3, 0.4) is 0 Å². The largest absolute Gasteiger partial charge is 0.461 e. The molecule has 3 heteroatoms. The van der Waals surface area contributed by atoms with E-state index in [0.717, 1.165) is 48.3 Å². The van der Waals surface area contributed by atoms with E-state index in [1.54, 1.807) is 0 Å². The molecule has 130 valence electrons. The average molecular weight is 335 g/mol. The monoisotopic (exact) mass is 335 g/mol. The fraction of sp³-hybridized carbons (Fsp3) is 0.364. The minimum Gasteiger partial charge on any atom is -0.461 e. The van der Waals surface area contributed by atoms with E-state index in [0.29, 0.717) is 0 Å². The normalized spacial score (nSPS) is 24.7. The molecular weight excluding hydrogens is 310 g/mol. The van der Waals surface area contributed by atoms with E-state index in [9.17, 15) is 5.11 Å². The van der Waals surface area contributed by atoms with Crippen molar-refractivity contribution in [1.29, 1.82) is 0 Å². The zero-order valence-corrected chi connectivity index (χ0v) is 14.9. The van der Waals surface area contributed by atoms with Crippen LogP contribution < -0.4 is 0 Å².